The molecule has 0 N–H and O–H groups in total. The Balaban J connectivity index is 2.21. The number of hydrogen-bond donors (Lipinski definition) is 0. The second-order valence-electron chi connectivity index (χ2n) is 5.96. The lowest BCUT2D eigenvalue weighted by Gasteiger charge is -2.17. The molecule has 0 aliphatic carbocycles. The standard InChI is InChI=1S/C16H26O3Si/c1-18-15-12-9-8-11-14(15)10-6-5-7-13-16(17)19-20(2,3)4/h8-9,11-12H,5-7,10,13H2,1-4H3. The number of unbranched alkanes of at least 4 members (excludes halogenated alkanes) is 2. The molecule has 0 aromatic heterocycles. The van der Waals surface area contributed by atoms with Crippen LogP contribution < -0.4 is 4.74 Å². The summed E-state index contributed by atoms with van der Waals surface area (Å²) in [4.78, 5) is 11.6. The SMILES string of the molecule is COc1ccccc1CCCCCC(=O)O[Si](C)(C)C. The van der Waals surface area contributed by atoms with Gasteiger partial charge in [-0.15, -0.1) is 0 Å². The van der Waals surface area contributed by atoms with Crippen molar-refractivity contribution in [2.24, 2.45) is 0 Å². The molecule has 0 aliphatic rings. The third kappa shape index (κ3) is 6.75. The van der Waals surface area contributed by atoms with Gasteiger partial charge in [-0.2, -0.15) is 0 Å². The Bertz CT molecular complexity index is 424. The largest absolute Gasteiger partial charge is 0.520 e. The third-order valence-corrected chi connectivity index (χ3v) is 3.78. The van der Waals surface area contributed by atoms with E-state index in [0.717, 1.165) is 31.4 Å². The number of rotatable bonds is 8. The normalized spacial score (nSPS) is 11.2. The molecule has 112 valence electrons. The van der Waals surface area contributed by atoms with E-state index in [-0.39, 0.29) is 5.97 Å². The summed E-state index contributed by atoms with van der Waals surface area (Å²) >= 11 is 0. The molecule has 1 aromatic rings. The first kappa shape index (κ1) is 16.8. The Morgan fingerprint density at radius 2 is 1.80 bits per heavy atom. The highest BCUT2D eigenvalue weighted by atomic mass is 28.4. The summed E-state index contributed by atoms with van der Waals surface area (Å²) in [6, 6.07) is 8.09. The predicted molar refractivity (Wildman–Crippen MR) is 84.6 cm³/mol. The zero-order valence-corrected chi connectivity index (χ0v) is 14.1. The minimum absolute atomic E-state index is 0.0403. The monoisotopic (exact) mass is 294 g/mol. The number of ether oxygens (including phenoxy) is 1. The maximum absolute atomic E-state index is 11.6. The van der Waals surface area contributed by atoms with E-state index < -0.39 is 8.32 Å². The first-order valence-electron chi connectivity index (χ1n) is 7.26. The lowest BCUT2D eigenvalue weighted by Crippen LogP contribution is -2.28. The van der Waals surface area contributed by atoms with Crippen LogP contribution in [0.15, 0.2) is 24.3 Å². The van der Waals surface area contributed by atoms with Gasteiger partial charge in [-0.25, -0.2) is 0 Å². The van der Waals surface area contributed by atoms with E-state index in [1.807, 2.05) is 37.8 Å². The van der Waals surface area contributed by atoms with E-state index in [2.05, 4.69) is 6.07 Å². The van der Waals surface area contributed by atoms with Gasteiger partial charge in [-0.05, 0) is 50.5 Å². The van der Waals surface area contributed by atoms with Gasteiger partial charge in [0.1, 0.15) is 5.75 Å². The third-order valence-electron chi connectivity index (χ3n) is 2.94. The van der Waals surface area contributed by atoms with E-state index in [1.54, 1.807) is 7.11 Å². The number of carbonyl (C=O) groups excluding carboxylic acids is 1. The molecule has 0 aliphatic heterocycles. The average Bonchev–Trinajstić information content (AvgIpc) is 2.36. The van der Waals surface area contributed by atoms with Gasteiger partial charge in [0.25, 0.3) is 5.97 Å². The molecule has 0 unspecified atom stereocenters. The topological polar surface area (TPSA) is 35.5 Å². The molecule has 1 aromatic carbocycles. The highest BCUT2D eigenvalue weighted by Crippen LogP contribution is 2.20. The van der Waals surface area contributed by atoms with Crippen LogP contribution in [0.2, 0.25) is 19.6 Å². The van der Waals surface area contributed by atoms with Crippen LogP contribution in [0.5, 0.6) is 5.75 Å². The summed E-state index contributed by atoms with van der Waals surface area (Å²) in [6.45, 7) is 6.10. The number of methoxy groups -OCH3 is 1. The maximum Gasteiger partial charge on any atom is 0.292 e. The van der Waals surface area contributed by atoms with Gasteiger partial charge >= 0.3 is 0 Å². The Kier molecular flexibility index (Phi) is 6.79. The van der Waals surface area contributed by atoms with Crippen molar-refractivity contribution in [1.82, 2.24) is 0 Å². The molecule has 0 bridgehead atoms. The molecule has 1 rings (SSSR count). The second-order valence-corrected chi connectivity index (χ2v) is 10.4. The molecule has 0 amide bonds. The number of carbonyl (C=O) groups is 1. The van der Waals surface area contributed by atoms with Gasteiger partial charge < -0.3 is 9.16 Å². The van der Waals surface area contributed by atoms with Gasteiger partial charge in [-0.3, -0.25) is 4.79 Å². The molecule has 0 spiro atoms. The van der Waals surface area contributed by atoms with Crippen LogP contribution in [-0.4, -0.2) is 21.4 Å². The number of para-hydroxylation sites is 1. The molecule has 0 heterocycles. The minimum atomic E-state index is -1.72. The van der Waals surface area contributed by atoms with Crippen molar-refractivity contribution in [2.45, 2.75) is 51.7 Å². The molecule has 0 saturated heterocycles. The maximum atomic E-state index is 11.6. The van der Waals surface area contributed by atoms with Crippen LogP contribution in [0, 0.1) is 0 Å². The van der Waals surface area contributed by atoms with Crippen molar-refractivity contribution in [1.29, 1.82) is 0 Å². The Morgan fingerprint density at radius 1 is 1.10 bits per heavy atom. The first-order valence-corrected chi connectivity index (χ1v) is 10.7. The predicted octanol–water partition coefficient (Wildman–Crippen LogP) is 4.18. The summed E-state index contributed by atoms with van der Waals surface area (Å²) < 4.78 is 10.7. The van der Waals surface area contributed by atoms with Crippen molar-refractivity contribution in [3.8, 4) is 5.75 Å². The Labute approximate surface area is 123 Å². The fraction of sp³-hybridized carbons (Fsp3) is 0.562. The van der Waals surface area contributed by atoms with Crippen molar-refractivity contribution in [3.63, 3.8) is 0 Å². The van der Waals surface area contributed by atoms with E-state index >= 15 is 0 Å². The Morgan fingerprint density at radius 3 is 2.45 bits per heavy atom. The minimum Gasteiger partial charge on any atom is -0.520 e. The van der Waals surface area contributed by atoms with E-state index in [4.69, 9.17) is 9.16 Å². The molecule has 3 nitrogen and oxygen atoms in total. The highest BCUT2D eigenvalue weighted by Gasteiger charge is 2.19. The highest BCUT2D eigenvalue weighted by molar-refractivity contribution is 6.71. The molecular formula is C16H26O3Si. The van der Waals surface area contributed by atoms with Crippen molar-refractivity contribution in [3.05, 3.63) is 29.8 Å². The Hall–Kier alpha value is -1.29. The van der Waals surface area contributed by atoms with Crippen molar-refractivity contribution < 1.29 is 14.0 Å². The molecule has 4 heteroatoms. The second kappa shape index (κ2) is 8.10. The summed E-state index contributed by atoms with van der Waals surface area (Å²) in [7, 11) is -0.0203. The summed E-state index contributed by atoms with van der Waals surface area (Å²) in [5, 5.41) is 0. The van der Waals surface area contributed by atoms with E-state index in [1.165, 1.54) is 5.56 Å². The van der Waals surface area contributed by atoms with Crippen molar-refractivity contribution in [2.75, 3.05) is 7.11 Å². The smallest absolute Gasteiger partial charge is 0.292 e. The van der Waals surface area contributed by atoms with E-state index in [0.29, 0.717) is 6.42 Å². The summed E-state index contributed by atoms with van der Waals surface area (Å²) in [5.74, 6) is 0.909. The van der Waals surface area contributed by atoms with Crippen LogP contribution >= 0.6 is 0 Å². The van der Waals surface area contributed by atoms with Crippen LogP contribution in [-0.2, 0) is 15.6 Å². The molecular weight excluding hydrogens is 268 g/mol. The van der Waals surface area contributed by atoms with Gasteiger partial charge in [-0.1, -0.05) is 24.6 Å². The van der Waals surface area contributed by atoms with Gasteiger partial charge in [0.15, 0.2) is 0 Å². The molecule has 0 saturated carbocycles. The quantitative estimate of drug-likeness (QED) is 0.533. The van der Waals surface area contributed by atoms with Gasteiger partial charge in [0.2, 0.25) is 8.32 Å². The molecule has 0 fully saturated rings. The fourth-order valence-electron chi connectivity index (χ4n) is 2.06. The number of benzene rings is 1. The van der Waals surface area contributed by atoms with Gasteiger partial charge in [0.05, 0.1) is 7.11 Å². The first-order chi connectivity index (χ1) is 9.42. The lowest BCUT2D eigenvalue weighted by atomic mass is 10.1. The zero-order valence-electron chi connectivity index (χ0n) is 13.1. The molecule has 0 atom stereocenters. The average molecular weight is 294 g/mol. The van der Waals surface area contributed by atoms with Crippen LogP contribution in [0.1, 0.15) is 31.2 Å². The number of aryl methyl sites for hydroxylation is 1. The van der Waals surface area contributed by atoms with Crippen LogP contribution in [0.4, 0.5) is 0 Å². The molecule has 20 heavy (non-hydrogen) atoms. The van der Waals surface area contributed by atoms with Crippen LogP contribution in [0.25, 0.3) is 0 Å². The van der Waals surface area contributed by atoms with Gasteiger partial charge in [0, 0.05) is 6.42 Å². The fourth-order valence-corrected chi connectivity index (χ4v) is 2.85. The summed E-state index contributed by atoms with van der Waals surface area (Å²) in [5.41, 5.74) is 1.24. The lowest BCUT2D eigenvalue weighted by molar-refractivity contribution is -0.135. The zero-order chi connectivity index (χ0) is 15.0. The molecule has 0 radical (unpaired) electrons. The summed E-state index contributed by atoms with van der Waals surface area (Å²) in [6.07, 6.45) is 4.54. The number of hydrogen-bond acceptors (Lipinski definition) is 3. The van der Waals surface area contributed by atoms with Crippen molar-refractivity contribution >= 4 is 14.3 Å². The van der Waals surface area contributed by atoms with E-state index in [9.17, 15) is 4.79 Å². The van der Waals surface area contributed by atoms with Crippen LogP contribution in [0.3, 0.4) is 0 Å².